The van der Waals surface area contributed by atoms with E-state index in [0.717, 1.165) is 11.1 Å². The predicted octanol–water partition coefficient (Wildman–Crippen LogP) is 1.57. The van der Waals surface area contributed by atoms with E-state index in [1.165, 1.54) is 0 Å². The highest BCUT2D eigenvalue weighted by atomic mass is 16.5. The number of fused-ring (bicyclic) bond motifs is 1. The van der Waals surface area contributed by atoms with Gasteiger partial charge in [0.25, 0.3) is 11.9 Å². The minimum atomic E-state index is -0.664. The molecule has 4 N–H and O–H groups in total. The number of oxazole rings is 1. The van der Waals surface area contributed by atoms with Gasteiger partial charge >= 0.3 is 0 Å². The molecule has 0 bridgehead atoms. The van der Waals surface area contributed by atoms with E-state index in [4.69, 9.17) is 20.0 Å². The summed E-state index contributed by atoms with van der Waals surface area (Å²) in [7, 11) is 1.79. The maximum atomic E-state index is 12.1. The Morgan fingerprint density at radius 1 is 1.21 bits per heavy atom. The number of rotatable bonds is 10. The van der Waals surface area contributed by atoms with Crippen LogP contribution in [-0.4, -0.2) is 65.2 Å². The zero-order chi connectivity index (χ0) is 26.9. The third-order valence-electron chi connectivity index (χ3n) is 6.33. The fourth-order valence-electron chi connectivity index (χ4n) is 4.30. The summed E-state index contributed by atoms with van der Waals surface area (Å²) >= 11 is 0. The number of aliphatic hydroxyl groups excluding tert-OH is 1. The van der Waals surface area contributed by atoms with E-state index in [1.54, 1.807) is 47.3 Å². The third-order valence-corrected chi connectivity index (χ3v) is 6.33. The lowest BCUT2D eigenvalue weighted by Gasteiger charge is -2.37. The van der Waals surface area contributed by atoms with Gasteiger partial charge in [0.2, 0.25) is 0 Å². The summed E-state index contributed by atoms with van der Waals surface area (Å²) < 4.78 is 15.2. The molecule has 1 aromatic carbocycles. The van der Waals surface area contributed by atoms with Crippen LogP contribution in [0.3, 0.4) is 0 Å². The summed E-state index contributed by atoms with van der Waals surface area (Å²) in [5, 5.41) is 20.3. The summed E-state index contributed by atoms with van der Waals surface area (Å²) in [5.41, 5.74) is 9.24. The van der Waals surface area contributed by atoms with E-state index in [-0.39, 0.29) is 24.0 Å². The first-order chi connectivity index (χ1) is 18.9. The predicted molar refractivity (Wildman–Crippen MR) is 140 cm³/mol. The number of aryl methyl sites for hydroxylation is 1. The maximum Gasteiger partial charge on any atom is 0.298 e. The van der Waals surface area contributed by atoms with Crippen molar-refractivity contribution in [3.8, 4) is 5.75 Å². The number of amides is 1. The average Bonchev–Trinajstić information content (AvgIpc) is 3.62. The number of nitrogens with zero attached hydrogens (tertiary/aromatic N) is 8. The molecular weight excluding hydrogens is 504 g/mol. The van der Waals surface area contributed by atoms with Gasteiger partial charge in [-0.3, -0.25) is 14.2 Å². The van der Waals surface area contributed by atoms with Gasteiger partial charge in [0.05, 0.1) is 43.1 Å². The van der Waals surface area contributed by atoms with Gasteiger partial charge in [-0.15, -0.1) is 0 Å². The van der Waals surface area contributed by atoms with Crippen LogP contribution in [0.15, 0.2) is 53.6 Å². The number of carbonyl (C=O) groups is 1. The lowest BCUT2D eigenvalue weighted by molar-refractivity contribution is 0.0995. The van der Waals surface area contributed by atoms with Gasteiger partial charge in [-0.05, 0) is 12.1 Å². The zero-order valence-electron chi connectivity index (χ0n) is 21.1. The second-order valence-corrected chi connectivity index (χ2v) is 9.24. The van der Waals surface area contributed by atoms with Crippen molar-refractivity contribution in [1.29, 1.82) is 0 Å². The number of aliphatic hydroxyl groups is 1. The van der Waals surface area contributed by atoms with Crippen molar-refractivity contribution >= 4 is 34.5 Å². The van der Waals surface area contributed by atoms with Crippen molar-refractivity contribution in [3.63, 3.8) is 0 Å². The summed E-state index contributed by atoms with van der Waals surface area (Å²) in [6.07, 6.45) is 8.58. The van der Waals surface area contributed by atoms with Crippen LogP contribution < -0.4 is 20.7 Å². The van der Waals surface area contributed by atoms with Crippen molar-refractivity contribution in [2.45, 2.75) is 19.1 Å². The fraction of sp³-hybridized carbons (Fsp3) is 0.280. The molecule has 1 aliphatic heterocycles. The van der Waals surface area contributed by atoms with Crippen LogP contribution in [0.2, 0.25) is 0 Å². The van der Waals surface area contributed by atoms with Crippen LogP contribution in [0.4, 0.5) is 17.5 Å². The van der Waals surface area contributed by atoms with Crippen molar-refractivity contribution in [1.82, 2.24) is 34.5 Å². The Morgan fingerprint density at radius 3 is 2.85 bits per heavy atom. The van der Waals surface area contributed by atoms with Crippen LogP contribution in [0, 0.1) is 0 Å². The normalized spacial score (nSPS) is 13.5. The first-order valence-electron chi connectivity index (χ1n) is 12.3. The molecule has 200 valence electrons. The SMILES string of the molecule is Cn1cc(Nc2ncc(C3CN(c4nc5ccc(OCc6cnn(CCO)c6)cc5o4)C3)nc2C(N)=O)cn1. The van der Waals surface area contributed by atoms with Gasteiger partial charge in [0.15, 0.2) is 17.1 Å². The van der Waals surface area contributed by atoms with Crippen LogP contribution in [0.1, 0.15) is 27.7 Å². The largest absolute Gasteiger partial charge is 0.489 e. The smallest absolute Gasteiger partial charge is 0.298 e. The molecule has 1 saturated heterocycles. The van der Waals surface area contributed by atoms with Crippen molar-refractivity contribution in [2.24, 2.45) is 12.8 Å². The van der Waals surface area contributed by atoms with Crippen LogP contribution in [-0.2, 0) is 20.2 Å². The van der Waals surface area contributed by atoms with Crippen LogP contribution >= 0.6 is 0 Å². The monoisotopic (exact) mass is 530 g/mol. The molecule has 1 fully saturated rings. The van der Waals surface area contributed by atoms with E-state index in [2.05, 4.69) is 30.5 Å². The molecule has 4 aromatic heterocycles. The second-order valence-electron chi connectivity index (χ2n) is 9.24. The Kier molecular flexibility index (Phi) is 6.28. The fourth-order valence-corrected chi connectivity index (χ4v) is 4.30. The summed E-state index contributed by atoms with van der Waals surface area (Å²) in [6.45, 7) is 2.03. The standard InChI is InChI=1S/C25H26N10O4/c1-33-13-17(8-28-33)30-24-22(23(26)37)31-20(9-27-24)16-11-34(12-16)25-32-19-3-2-18(6-21(19)39-25)38-14-15-7-29-35(10-15)4-5-36/h2-3,6-10,13,16,36H,4-5,11-12,14H2,1H3,(H2,26,37)(H,27,30). The lowest BCUT2D eigenvalue weighted by Crippen LogP contribution is -2.45. The molecule has 5 heterocycles. The Labute approximate surface area is 222 Å². The number of nitrogens with one attached hydrogen (secondary N) is 1. The number of aromatic nitrogens is 7. The summed E-state index contributed by atoms with van der Waals surface area (Å²) in [5.74, 6) is 0.314. The highest BCUT2D eigenvalue weighted by Gasteiger charge is 2.33. The Morgan fingerprint density at radius 2 is 2.08 bits per heavy atom. The van der Waals surface area contributed by atoms with Gasteiger partial charge in [0.1, 0.15) is 17.9 Å². The van der Waals surface area contributed by atoms with E-state index in [1.807, 2.05) is 23.2 Å². The van der Waals surface area contributed by atoms with Gasteiger partial charge in [-0.1, -0.05) is 0 Å². The molecule has 0 unspecified atom stereocenters. The van der Waals surface area contributed by atoms with Gasteiger partial charge in [-0.2, -0.15) is 15.2 Å². The minimum Gasteiger partial charge on any atom is -0.489 e. The van der Waals surface area contributed by atoms with Crippen molar-refractivity contribution in [3.05, 3.63) is 66.1 Å². The Balaban J connectivity index is 1.10. The topological polar surface area (TPSA) is 175 Å². The number of hydrogen-bond acceptors (Lipinski definition) is 11. The summed E-state index contributed by atoms with van der Waals surface area (Å²) in [4.78, 5) is 27.6. The van der Waals surface area contributed by atoms with Crippen LogP contribution in [0.25, 0.3) is 11.1 Å². The van der Waals surface area contributed by atoms with E-state index < -0.39 is 5.91 Å². The lowest BCUT2D eigenvalue weighted by atomic mass is 9.97. The number of carbonyl (C=O) groups excluding carboxylic acids is 1. The molecule has 0 atom stereocenters. The van der Waals surface area contributed by atoms with Crippen molar-refractivity contribution < 1.29 is 19.1 Å². The highest BCUT2D eigenvalue weighted by Crippen LogP contribution is 2.33. The number of anilines is 3. The van der Waals surface area contributed by atoms with Crippen LogP contribution in [0.5, 0.6) is 5.75 Å². The minimum absolute atomic E-state index is 0.0304. The van der Waals surface area contributed by atoms with Gasteiger partial charge < -0.3 is 30.2 Å². The van der Waals surface area contributed by atoms with Crippen molar-refractivity contribution in [2.75, 3.05) is 29.9 Å². The number of hydrogen-bond donors (Lipinski definition) is 3. The second kappa shape index (κ2) is 10.1. The molecule has 0 aliphatic carbocycles. The molecule has 6 rings (SSSR count). The molecular formula is C25H26N10O4. The first-order valence-corrected chi connectivity index (χ1v) is 12.3. The van der Waals surface area contributed by atoms with Gasteiger partial charge in [0, 0.05) is 50.1 Å². The maximum absolute atomic E-state index is 12.1. The quantitative estimate of drug-likeness (QED) is 0.239. The Bertz CT molecular complexity index is 1630. The number of ether oxygens (including phenoxy) is 1. The molecule has 1 aliphatic rings. The molecule has 0 saturated carbocycles. The Hall–Kier alpha value is -4.98. The molecule has 39 heavy (non-hydrogen) atoms. The van der Waals surface area contributed by atoms with E-state index in [0.29, 0.717) is 55.0 Å². The zero-order valence-corrected chi connectivity index (χ0v) is 21.1. The number of primary amides is 1. The third kappa shape index (κ3) is 5.09. The first kappa shape index (κ1) is 24.4. The molecule has 1 amide bonds. The summed E-state index contributed by atoms with van der Waals surface area (Å²) in [6, 6.07) is 6.00. The molecule has 0 spiro atoms. The number of nitrogens with two attached hydrogens (primary N) is 1. The molecule has 14 heteroatoms. The molecule has 14 nitrogen and oxygen atoms in total. The van der Waals surface area contributed by atoms with Gasteiger partial charge in [-0.25, -0.2) is 9.97 Å². The molecule has 5 aromatic rings. The average molecular weight is 531 g/mol. The van der Waals surface area contributed by atoms with E-state index in [9.17, 15) is 4.79 Å². The highest BCUT2D eigenvalue weighted by molar-refractivity contribution is 5.96. The van der Waals surface area contributed by atoms with E-state index >= 15 is 0 Å². The molecule has 0 radical (unpaired) electrons. The number of benzene rings is 1.